The minimum absolute atomic E-state index is 0.0412. The van der Waals surface area contributed by atoms with Crippen LogP contribution < -0.4 is 9.86 Å². The molecule has 0 spiro atoms. The summed E-state index contributed by atoms with van der Waals surface area (Å²) in [6, 6.07) is 1.47. The number of hydrogen-bond acceptors (Lipinski definition) is 5. The molecule has 0 heterocycles. The van der Waals surface area contributed by atoms with Gasteiger partial charge in [0.05, 0.1) is 11.8 Å². The molecule has 0 saturated carbocycles. The SMILES string of the molecule is N#CCS(=O)(=O)NCCCS(N)(=O)=O. The highest BCUT2D eigenvalue weighted by Gasteiger charge is 2.09. The maximum absolute atomic E-state index is 10.8. The van der Waals surface area contributed by atoms with E-state index in [1.54, 1.807) is 0 Å². The van der Waals surface area contributed by atoms with Crippen LogP contribution in [-0.2, 0) is 20.0 Å². The van der Waals surface area contributed by atoms with Gasteiger partial charge in [-0.05, 0) is 6.42 Å². The van der Waals surface area contributed by atoms with Gasteiger partial charge in [0.2, 0.25) is 20.0 Å². The minimum Gasteiger partial charge on any atom is -0.229 e. The molecule has 0 aromatic heterocycles. The first-order valence-corrected chi connectivity index (χ1v) is 6.98. The Labute approximate surface area is 83.0 Å². The number of primary sulfonamides is 1. The van der Waals surface area contributed by atoms with Crippen molar-refractivity contribution in [2.24, 2.45) is 5.14 Å². The van der Waals surface area contributed by atoms with Crippen molar-refractivity contribution in [3.8, 4) is 6.07 Å². The van der Waals surface area contributed by atoms with E-state index in [1.807, 2.05) is 0 Å². The largest absolute Gasteiger partial charge is 0.229 e. The summed E-state index contributed by atoms with van der Waals surface area (Å²) in [4.78, 5) is 0. The van der Waals surface area contributed by atoms with E-state index in [2.05, 4.69) is 9.86 Å². The Balaban J connectivity index is 3.83. The fraction of sp³-hybridized carbons (Fsp3) is 0.800. The number of nitrogens with one attached hydrogen (secondary N) is 1. The van der Waals surface area contributed by atoms with Gasteiger partial charge in [0, 0.05) is 6.54 Å². The molecule has 0 rings (SSSR count). The van der Waals surface area contributed by atoms with E-state index in [-0.39, 0.29) is 18.7 Å². The van der Waals surface area contributed by atoms with E-state index >= 15 is 0 Å². The van der Waals surface area contributed by atoms with Gasteiger partial charge in [-0.1, -0.05) is 0 Å². The summed E-state index contributed by atoms with van der Waals surface area (Å²) >= 11 is 0. The monoisotopic (exact) mass is 241 g/mol. The Hall–Kier alpha value is -0.690. The van der Waals surface area contributed by atoms with E-state index in [9.17, 15) is 16.8 Å². The van der Waals surface area contributed by atoms with E-state index in [0.29, 0.717) is 0 Å². The van der Waals surface area contributed by atoms with E-state index < -0.39 is 25.8 Å². The fourth-order valence-corrected chi connectivity index (χ4v) is 1.91. The van der Waals surface area contributed by atoms with Gasteiger partial charge >= 0.3 is 0 Å². The third kappa shape index (κ3) is 7.93. The van der Waals surface area contributed by atoms with Crippen molar-refractivity contribution in [2.75, 3.05) is 18.1 Å². The summed E-state index contributed by atoms with van der Waals surface area (Å²) in [7, 11) is -7.15. The number of sulfonamides is 2. The summed E-state index contributed by atoms with van der Waals surface area (Å²) in [6.45, 7) is -0.0412. The average molecular weight is 241 g/mol. The van der Waals surface area contributed by atoms with Gasteiger partial charge in [-0.25, -0.2) is 26.7 Å². The number of rotatable bonds is 6. The van der Waals surface area contributed by atoms with Crippen molar-refractivity contribution in [1.82, 2.24) is 4.72 Å². The molecule has 0 amide bonds. The van der Waals surface area contributed by atoms with Gasteiger partial charge in [-0.2, -0.15) is 5.26 Å². The molecule has 0 radical (unpaired) electrons. The Morgan fingerprint density at radius 3 is 2.29 bits per heavy atom. The molecule has 0 saturated heterocycles. The molecule has 7 nitrogen and oxygen atoms in total. The second-order valence-corrected chi connectivity index (χ2v) is 6.07. The van der Waals surface area contributed by atoms with Crippen molar-refractivity contribution in [2.45, 2.75) is 6.42 Å². The van der Waals surface area contributed by atoms with E-state index in [4.69, 9.17) is 5.26 Å². The quantitative estimate of drug-likeness (QED) is 0.525. The molecule has 0 fully saturated rings. The normalized spacial score (nSPS) is 12.3. The van der Waals surface area contributed by atoms with Crippen molar-refractivity contribution in [1.29, 1.82) is 5.26 Å². The van der Waals surface area contributed by atoms with Crippen LogP contribution in [0.3, 0.4) is 0 Å². The van der Waals surface area contributed by atoms with Crippen LogP contribution in [0, 0.1) is 11.3 Å². The van der Waals surface area contributed by atoms with Crippen molar-refractivity contribution in [3.63, 3.8) is 0 Å². The first kappa shape index (κ1) is 13.3. The Bertz CT molecular complexity index is 405. The highest BCUT2D eigenvalue weighted by atomic mass is 32.2. The zero-order chi connectivity index (χ0) is 11.2. The maximum atomic E-state index is 10.8. The summed E-state index contributed by atoms with van der Waals surface area (Å²) < 4.78 is 44.6. The third-order valence-electron chi connectivity index (χ3n) is 1.18. The van der Waals surface area contributed by atoms with Crippen LogP contribution in [0.2, 0.25) is 0 Å². The highest BCUT2D eigenvalue weighted by Crippen LogP contribution is 1.87. The summed E-state index contributed by atoms with van der Waals surface area (Å²) in [5, 5.41) is 12.8. The second kappa shape index (κ2) is 5.26. The van der Waals surface area contributed by atoms with Crippen LogP contribution >= 0.6 is 0 Å². The summed E-state index contributed by atoms with van der Waals surface area (Å²) in [6.07, 6.45) is 0.0868. The molecule has 0 aliphatic rings. The molecule has 14 heavy (non-hydrogen) atoms. The van der Waals surface area contributed by atoms with Gasteiger partial charge in [0.15, 0.2) is 5.75 Å². The van der Waals surface area contributed by atoms with Crippen LogP contribution in [0.1, 0.15) is 6.42 Å². The van der Waals surface area contributed by atoms with Crippen LogP contribution in [0.5, 0.6) is 0 Å². The Kier molecular flexibility index (Phi) is 5.00. The van der Waals surface area contributed by atoms with Crippen molar-refractivity contribution < 1.29 is 16.8 Å². The van der Waals surface area contributed by atoms with Crippen molar-refractivity contribution >= 4 is 20.0 Å². The fourth-order valence-electron chi connectivity index (χ4n) is 0.637. The zero-order valence-electron chi connectivity index (χ0n) is 7.30. The lowest BCUT2D eigenvalue weighted by molar-refractivity contribution is 0.579. The molecule has 82 valence electrons. The van der Waals surface area contributed by atoms with Gasteiger partial charge in [-0.15, -0.1) is 0 Å². The molecule has 0 unspecified atom stereocenters. The minimum atomic E-state index is -3.60. The summed E-state index contributed by atoms with van der Waals surface area (Å²) in [5.41, 5.74) is 0. The number of nitriles is 1. The van der Waals surface area contributed by atoms with Crippen LogP contribution in [0.25, 0.3) is 0 Å². The molecule has 0 aliphatic heterocycles. The predicted molar refractivity (Wildman–Crippen MR) is 50.0 cm³/mol. The van der Waals surface area contributed by atoms with Crippen LogP contribution in [0.15, 0.2) is 0 Å². The lowest BCUT2D eigenvalue weighted by Crippen LogP contribution is -2.28. The molecule has 3 N–H and O–H groups in total. The van der Waals surface area contributed by atoms with E-state index in [1.165, 1.54) is 6.07 Å². The smallest absolute Gasteiger partial charge is 0.225 e. The number of nitrogens with two attached hydrogens (primary N) is 1. The lowest BCUT2D eigenvalue weighted by atomic mass is 10.5. The molecule has 0 aromatic rings. The van der Waals surface area contributed by atoms with Gasteiger partial charge in [-0.3, -0.25) is 0 Å². The second-order valence-electron chi connectivity index (χ2n) is 2.53. The average Bonchev–Trinajstić information content (AvgIpc) is 1.96. The maximum Gasteiger partial charge on any atom is 0.225 e. The zero-order valence-corrected chi connectivity index (χ0v) is 8.94. The number of nitrogens with zero attached hydrogens (tertiary/aromatic N) is 1. The highest BCUT2D eigenvalue weighted by molar-refractivity contribution is 7.89. The summed E-state index contributed by atoms with van der Waals surface area (Å²) in [5.74, 6) is -0.926. The topological polar surface area (TPSA) is 130 Å². The van der Waals surface area contributed by atoms with Gasteiger partial charge in [0.1, 0.15) is 0 Å². The Morgan fingerprint density at radius 1 is 1.29 bits per heavy atom. The first-order valence-electron chi connectivity index (χ1n) is 3.61. The number of hydrogen-bond donors (Lipinski definition) is 2. The van der Waals surface area contributed by atoms with Crippen LogP contribution in [0.4, 0.5) is 0 Å². The Morgan fingerprint density at radius 2 is 1.86 bits per heavy atom. The first-order chi connectivity index (χ1) is 6.27. The van der Waals surface area contributed by atoms with E-state index in [0.717, 1.165) is 0 Å². The molecule has 0 aliphatic carbocycles. The van der Waals surface area contributed by atoms with Crippen molar-refractivity contribution in [3.05, 3.63) is 0 Å². The standard InChI is InChI=1S/C5H11N3O4S2/c6-2-5-14(11,12)8-3-1-4-13(7,9)10/h8H,1,3-5H2,(H2,7,9,10). The van der Waals surface area contributed by atoms with Crippen LogP contribution in [-0.4, -0.2) is 34.9 Å². The van der Waals surface area contributed by atoms with Gasteiger partial charge in [0.25, 0.3) is 0 Å². The third-order valence-corrected chi connectivity index (χ3v) is 3.19. The molecule has 0 atom stereocenters. The molecular weight excluding hydrogens is 230 g/mol. The molecule has 0 bridgehead atoms. The lowest BCUT2D eigenvalue weighted by Gasteiger charge is -2.01. The molecule has 0 aromatic carbocycles. The molecular formula is C5H11N3O4S2. The molecule has 9 heteroatoms. The predicted octanol–water partition coefficient (Wildman–Crippen LogP) is -1.89. The van der Waals surface area contributed by atoms with Gasteiger partial charge < -0.3 is 0 Å².